The molecule has 5 nitrogen and oxygen atoms in total. The lowest BCUT2D eigenvalue weighted by Crippen LogP contribution is -2.21. The zero-order valence-corrected chi connectivity index (χ0v) is 14.3. The first-order chi connectivity index (χ1) is 13.4. The van der Waals surface area contributed by atoms with Gasteiger partial charge in [-0.15, -0.1) is 5.10 Å². The summed E-state index contributed by atoms with van der Waals surface area (Å²) in [5.74, 6) is -0.883. The van der Waals surface area contributed by atoms with Crippen molar-refractivity contribution in [3.05, 3.63) is 82.7 Å². The minimum Gasteiger partial charge on any atom is -0.420 e. The molecule has 0 spiro atoms. The molecule has 8 heteroatoms. The monoisotopic (exact) mass is 382 g/mol. The maximum atomic E-state index is 13.2. The zero-order valence-electron chi connectivity index (χ0n) is 14.3. The Morgan fingerprint density at radius 1 is 1.11 bits per heavy atom. The standard InChI is InChI=1S/C20H13F3N4O/c21-20(22,23)13-8-4-7-12(9-13)15-14(10-24)18(25)28-19-16(15)17(26-27-19)11-5-2-1-3-6-11/h1-9,15H,25H2,(H,26,27). The third-order valence-electron chi connectivity index (χ3n) is 4.55. The molecule has 0 bridgehead atoms. The summed E-state index contributed by atoms with van der Waals surface area (Å²) in [7, 11) is 0. The molecule has 0 saturated carbocycles. The highest BCUT2D eigenvalue weighted by molar-refractivity contribution is 5.70. The molecule has 28 heavy (non-hydrogen) atoms. The van der Waals surface area contributed by atoms with E-state index in [4.69, 9.17) is 10.5 Å². The van der Waals surface area contributed by atoms with Crippen molar-refractivity contribution in [1.82, 2.24) is 10.2 Å². The summed E-state index contributed by atoms with van der Waals surface area (Å²) in [6, 6.07) is 15.9. The molecule has 1 aliphatic rings. The van der Waals surface area contributed by atoms with Crippen LogP contribution in [0.25, 0.3) is 11.3 Å². The molecule has 3 aromatic rings. The number of H-pyrrole nitrogens is 1. The molecule has 140 valence electrons. The molecule has 0 radical (unpaired) electrons. The van der Waals surface area contributed by atoms with Crippen molar-refractivity contribution >= 4 is 0 Å². The number of aromatic nitrogens is 2. The van der Waals surface area contributed by atoms with Crippen LogP contribution in [0.15, 0.2) is 66.1 Å². The number of hydrogen-bond acceptors (Lipinski definition) is 4. The molecule has 1 aromatic heterocycles. The van der Waals surface area contributed by atoms with E-state index in [0.717, 1.165) is 17.7 Å². The molecule has 0 aliphatic carbocycles. The van der Waals surface area contributed by atoms with E-state index < -0.39 is 17.7 Å². The van der Waals surface area contributed by atoms with Gasteiger partial charge >= 0.3 is 6.18 Å². The van der Waals surface area contributed by atoms with E-state index >= 15 is 0 Å². The number of nitrogens with zero attached hydrogens (tertiary/aromatic N) is 2. The molecular weight excluding hydrogens is 369 g/mol. The lowest BCUT2D eigenvalue weighted by molar-refractivity contribution is -0.137. The number of nitrogens with one attached hydrogen (secondary N) is 1. The highest BCUT2D eigenvalue weighted by atomic mass is 19.4. The topological polar surface area (TPSA) is 87.7 Å². The van der Waals surface area contributed by atoms with Gasteiger partial charge in [0.05, 0.1) is 22.7 Å². The number of alkyl halides is 3. The number of benzene rings is 2. The summed E-state index contributed by atoms with van der Waals surface area (Å²) in [4.78, 5) is 0. The Morgan fingerprint density at radius 2 is 1.86 bits per heavy atom. The maximum absolute atomic E-state index is 13.2. The van der Waals surface area contributed by atoms with Crippen LogP contribution in [0, 0.1) is 11.3 Å². The number of nitriles is 1. The molecule has 1 unspecified atom stereocenters. The van der Waals surface area contributed by atoms with Crippen LogP contribution in [0.4, 0.5) is 13.2 Å². The summed E-state index contributed by atoms with van der Waals surface area (Å²) < 4.78 is 45.1. The van der Waals surface area contributed by atoms with E-state index in [2.05, 4.69) is 10.2 Å². The van der Waals surface area contributed by atoms with Crippen molar-refractivity contribution in [2.45, 2.75) is 12.1 Å². The van der Waals surface area contributed by atoms with E-state index in [0.29, 0.717) is 11.3 Å². The van der Waals surface area contributed by atoms with E-state index in [9.17, 15) is 18.4 Å². The summed E-state index contributed by atoms with van der Waals surface area (Å²) >= 11 is 0. The molecular formula is C20H13F3N4O. The van der Waals surface area contributed by atoms with Crippen molar-refractivity contribution in [3.63, 3.8) is 0 Å². The molecule has 1 atom stereocenters. The Hall–Kier alpha value is -3.73. The molecule has 0 saturated heterocycles. The van der Waals surface area contributed by atoms with Crippen LogP contribution < -0.4 is 10.5 Å². The van der Waals surface area contributed by atoms with Crippen molar-refractivity contribution < 1.29 is 17.9 Å². The Kier molecular flexibility index (Phi) is 4.08. The average molecular weight is 382 g/mol. The Balaban J connectivity index is 1.95. The second-order valence-corrected chi connectivity index (χ2v) is 6.23. The molecule has 2 heterocycles. The largest absolute Gasteiger partial charge is 0.420 e. The number of allylic oxidation sites excluding steroid dienone is 1. The van der Waals surface area contributed by atoms with Gasteiger partial charge in [-0.05, 0) is 17.2 Å². The first kappa shape index (κ1) is 17.7. The highest BCUT2D eigenvalue weighted by Crippen LogP contribution is 2.46. The van der Waals surface area contributed by atoms with Crippen molar-refractivity contribution in [1.29, 1.82) is 5.26 Å². The van der Waals surface area contributed by atoms with Gasteiger partial charge in [0, 0.05) is 0 Å². The Labute approximate surface area is 157 Å². The minimum absolute atomic E-state index is 0.0328. The van der Waals surface area contributed by atoms with E-state index in [-0.39, 0.29) is 22.9 Å². The minimum atomic E-state index is -4.51. The Morgan fingerprint density at radius 3 is 2.54 bits per heavy atom. The van der Waals surface area contributed by atoms with E-state index in [1.54, 1.807) is 0 Å². The van der Waals surface area contributed by atoms with Crippen LogP contribution in [0.5, 0.6) is 5.88 Å². The fourth-order valence-corrected chi connectivity index (χ4v) is 3.30. The first-order valence-corrected chi connectivity index (χ1v) is 8.28. The molecule has 0 amide bonds. The van der Waals surface area contributed by atoms with Gasteiger partial charge in [0.15, 0.2) is 0 Å². The number of ether oxygens (including phenoxy) is 1. The van der Waals surface area contributed by atoms with E-state index in [1.165, 1.54) is 12.1 Å². The van der Waals surface area contributed by atoms with Crippen LogP contribution in [0.3, 0.4) is 0 Å². The van der Waals surface area contributed by atoms with Crippen LogP contribution in [0.2, 0.25) is 0 Å². The lowest BCUT2D eigenvalue weighted by Gasteiger charge is -2.24. The van der Waals surface area contributed by atoms with Crippen molar-refractivity contribution in [2.75, 3.05) is 0 Å². The third kappa shape index (κ3) is 2.87. The van der Waals surface area contributed by atoms with Crippen molar-refractivity contribution in [2.24, 2.45) is 5.73 Å². The smallest absolute Gasteiger partial charge is 0.416 e. The van der Waals surface area contributed by atoms with Crippen LogP contribution >= 0.6 is 0 Å². The molecule has 4 rings (SSSR count). The second kappa shape index (κ2) is 6.46. The number of hydrogen-bond donors (Lipinski definition) is 2. The predicted octanol–water partition coefficient (Wildman–Crippen LogP) is 4.31. The summed E-state index contributed by atoms with van der Waals surface area (Å²) in [5.41, 5.74) is 7.15. The summed E-state index contributed by atoms with van der Waals surface area (Å²) in [6.45, 7) is 0. The summed E-state index contributed by atoms with van der Waals surface area (Å²) in [6.07, 6.45) is -4.51. The van der Waals surface area contributed by atoms with Gasteiger partial charge in [0.25, 0.3) is 0 Å². The quantitative estimate of drug-likeness (QED) is 0.691. The van der Waals surface area contributed by atoms with Crippen molar-refractivity contribution in [3.8, 4) is 23.2 Å². The number of nitrogens with two attached hydrogens (primary N) is 1. The first-order valence-electron chi connectivity index (χ1n) is 8.28. The average Bonchev–Trinajstić information content (AvgIpc) is 3.10. The fourth-order valence-electron chi connectivity index (χ4n) is 3.30. The maximum Gasteiger partial charge on any atom is 0.416 e. The lowest BCUT2D eigenvalue weighted by atomic mass is 9.82. The number of aromatic amines is 1. The summed E-state index contributed by atoms with van der Waals surface area (Å²) in [5, 5.41) is 16.6. The van der Waals surface area contributed by atoms with Gasteiger partial charge < -0.3 is 10.5 Å². The second-order valence-electron chi connectivity index (χ2n) is 6.23. The molecule has 1 aliphatic heterocycles. The molecule has 0 fully saturated rings. The highest BCUT2D eigenvalue weighted by Gasteiger charge is 2.37. The Bertz CT molecular complexity index is 1110. The van der Waals surface area contributed by atoms with Gasteiger partial charge in [0.1, 0.15) is 11.6 Å². The van der Waals surface area contributed by atoms with Crippen LogP contribution in [0.1, 0.15) is 22.6 Å². The fraction of sp³-hybridized carbons (Fsp3) is 0.100. The zero-order chi connectivity index (χ0) is 19.9. The van der Waals surface area contributed by atoms with Crippen LogP contribution in [-0.4, -0.2) is 10.2 Å². The van der Waals surface area contributed by atoms with Gasteiger partial charge in [-0.25, -0.2) is 0 Å². The normalized spacial score (nSPS) is 16.3. The number of halogens is 3. The third-order valence-corrected chi connectivity index (χ3v) is 4.55. The molecule has 2 aromatic carbocycles. The number of rotatable bonds is 2. The van der Waals surface area contributed by atoms with Gasteiger partial charge in [-0.3, -0.25) is 5.10 Å². The molecule has 3 N–H and O–H groups in total. The SMILES string of the molecule is N#CC1=C(N)Oc2n[nH]c(-c3ccccc3)c2C1c1cccc(C(F)(F)F)c1. The van der Waals surface area contributed by atoms with Gasteiger partial charge in [-0.2, -0.15) is 18.4 Å². The van der Waals surface area contributed by atoms with Crippen LogP contribution in [-0.2, 0) is 6.18 Å². The van der Waals surface area contributed by atoms with Gasteiger partial charge in [0.2, 0.25) is 11.8 Å². The van der Waals surface area contributed by atoms with E-state index in [1.807, 2.05) is 36.4 Å². The predicted molar refractivity (Wildman–Crippen MR) is 94.8 cm³/mol. The van der Waals surface area contributed by atoms with Gasteiger partial charge in [-0.1, -0.05) is 48.5 Å². The number of fused-ring (bicyclic) bond motifs is 1.